The van der Waals surface area contributed by atoms with Gasteiger partial charge in [-0.15, -0.1) is 10.2 Å². The van der Waals surface area contributed by atoms with Crippen molar-refractivity contribution in [1.82, 2.24) is 29.8 Å². The van der Waals surface area contributed by atoms with Crippen LogP contribution in [0.2, 0.25) is 0 Å². The lowest BCUT2D eigenvalue weighted by atomic mass is 10.2. The van der Waals surface area contributed by atoms with Crippen molar-refractivity contribution in [3.8, 4) is 11.5 Å². The van der Waals surface area contributed by atoms with Gasteiger partial charge in [0.15, 0.2) is 11.6 Å². The van der Waals surface area contributed by atoms with Gasteiger partial charge in [-0.2, -0.15) is 0 Å². The second kappa shape index (κ2) is 6.12. The molecule has 0 fully saturated rings. The maximum atomic E-state index is 12.6. The maximum Gasteiger partial charge on any atom is 0.230 e. The van der Waals surface area contributed by atoms with E-state index in [2.05, 4.69) is 31.8 Å². The fraction of sp³-hybridized carbons (Fsp3) is 0.353. The van der Waals surface area contributed by atoms with Crippen molar-refractivity contribution in [1.29, 1.82) is 0 Å². The molecule has 1 amide bonds. The van der Waals surface area contributed by atoms with Crippen LogP contribution in [0, 0.1) is 6.92 Å². The topological polar surface area (TPSA) is 89.9 Å². The van der Waals surface area contributed by atoms with Crippen LogP contribution in [0.3, 0.4) is 0 Å². The van der Waals surface area contributed by atoms with Gasteiger partial charge in [0.1, 0.15) is 11.5 Å². The van der Waals surface area contributed by atoms with Gasteiger partial charge in [-0.05, 0) is 26.0 Å². The molecule has 0 aromatic carbocycles. The Morgan fingerprint density at radius 2 is 2.24 bits per heavy atom. The van der Waals surface area contributed by atoms with Gasteiger partial charge >= 0.3 is 0 Å². The molecule has 0 saturated carbocycles. The molecule has 0 N–H and O–H groups in total. The van der Waals surface area contributed by atoms with Crippen molar-refractivity contribution in [2.24, 2.45) is 0 Å². The maximum absolute atomic E-state index is 12.6. The average molecular weight is 338 g/mol. The molecule has 0 spiro atoms. The first kappa shape index (κ1) is 15.5. The van der Waals surface area contributed by atoms with Crippen LogP contribution in [-0.2, 0) is 17.8 Å². The number of aryl methyl sites for hydroxylation is 1. The molecule has 4 heterocycles. The number of nitrogens with zero attached hydrogens (tertiary/aromatic N) is 6. The predicted molar refractivity (Wildman–Crippen MR) is 88.3 cm³/mol. The van der Waals surface area contributed by atoms with Gasteiger partial charge in [-0.1, -0.05) is 11.2 Å². The first-order chi connectivity index (χ1) is 12.1. The van der Waals surface area contributed by atoms with Crippen LogP contribution < -0.4 is 0 Å². The van der Waals surface area contributed by atoms with Gasteiger partial charge in [0.05, 0.1) is 24.7 Å². The van der Waals surface area contributed by atoms with Crippen molar-refractivity contribution in [3.63, 3.8) is 0 Å². The van der Waals surface area contributed by atoms with Crippen LogP contribution in [0.15, 0.2) is 35.0 Å². The van der Waals surface area contributed by atoms with E-state index < -0.39 is 0 Å². The van der Waals surface area contributed by atoms with Crippen molar-refractivity contribution in [2.45, 2.75) is 32.9 Å². The number of carbonyl (C=O) groups excluding carboxylic acids is 1. The van der Waals surface area contributed by atoms with E-state index in [1.165, 1.54) is 0 Å². The zero-order valence-electron chi connectivity index (χ0n) is 14.1. The summed E-state index contributed by atoms with van der Waals surface area (Å²) >= 11 is 0. The number of carbonyl (C=O) groups is 1. The lowest BCUT2D eigenvalue weighted by Crippen LogP contribution is -2.41. The monoisotopic (exact) mass is 338 g/mol. The van der Waals surface area contributed by atoms with Gasteiger partial charge in [0.25, 0.3) is 0 Å². The number of rotatable bonds is 3. The highest BCUT2D eigenvalue weighted by Gasteiger charge is 2.30. The molecule has 3 aromatic heterocycles. The second-order valence-electron chi connectivity index (χ2n) is 6.26. The fourth-order valence-corrected chi connectivity index (χ4v) is 3.15. The number of fused-ring (bicyclic) bond motifs is 1. The van der Waals surface area contributed by atoms with E-state index in [9.17, 15) is 4.79 Å². The first-order valence-corrected chi connectivity index (χ1v) is 8.17. The molecule has 0 unspecified atom stereocenters. The number of aromatic nitrogens is 5. The van der Waals surface area contributed by atoms with Gasteiger partial charge in [0, 0.05) is 18.8 Å². The van der Waals surface area contributed by atoms with Gasteiger partial charge in [0.2, 0.25) is 5.91 Å². The summed E-state index contributed by atoms with van der Waals surface area (Å²) in [6, 6.07) is 7.55. The zero-order valence-corrected chi connectivity index (χ0v) is 14.1. The average Bonchev–Trinajstić information content (AvgIpc) is 3.22. The Balaban J connectivity index is 1.56. The summed E-state index contributed by atoms with van der Waals surface area (Å²) in [4.78, 5) is 18.7. The third kappa shape index (κ3) is 2.90. The molecule has 0 aliphatic carbocycles. The highest BCUT2D eigenvalue weighted by Crippen LogP contribution is 2.26. The molecule has 8 heteroatoms. The lowest BCUT2D eigenvalue weighted by molar-refractivity contribution is -0.132. The third-order valence-electron chi connectivity index (χ3n) is 4.27. The molecule has 3 aromatic rings. The minimum absolute atomic E-state index is 0.00311. The molecule has 128 valence electrons. The smallest absolute Gasteiger partial charge is 0.230 e. The number of amides is 1. The minimum atomic E-state index is -0.00311. The number of pyridine rings is 1. The van der Waals surface area contributed by atoms with Crippen molar-refractivity contribution in [3.05, 3.63) is 47.7 Å². The summed E-state index contributed by atoms with van der Waals surface area (Å²) < 4.78 is 7.21. The Morgan fingerprint density at radius 1 is 1.36 bits per heavy atom. The molecular weight excluding hydrogens is 320 g/mol. The summed E-state index contributed by atoms with van der Waals surface area (Å²) in [6.45, 7) is 4.91. The molecular formula is C17H18N6O2. The van der Waals surface area contributed by atoms with Gasteiger partial charge < -0.3 is 14.0 Å². The highest BCUT2D eigenvalue weighted by atomic mass is 16.5. The van der Waals surface area contributed by atoms with Crippen LogP contribution >= 0.6 is 0 Å². The molecule has 8 nitrogen and oxygen atoms in total. The molecule has 0 bridgehead atoms. The normalized spacial score (nSPS) is 16.7. The summed E-state index contributed by atoms with van der Waals surface area (Å²) in [6.07, 6.45) is 1.94. The Labute approximate surface area is 144 Å². The standard InChI is InChI=1S/C17H18N6O2/c1-11-7-13(25-21-11)8-16(24)22-9-12(2)23-15(10-22)19-20-17(23)14-5-3-4-6-18-14/h3-7,12H,8-10H2,1-2H3/t12-/m0/s1. The van der Waals surface area contributed by atoms with E-state index in [4.69, 9.17) is 4.52 Å². The molecule has 1 aliphatic rings. The van der Waals surface area contributed by atoms with Crippen molar-refractivity contribution in [2.75, 3.05) is 6.54 Å². The molecule has 0 radical (unpaired) electrons. The number of hydrogen-bond acceptors (Lipinski definition) is 6. The molecule has 1 aliphatic heterocycles. The summed E-state index contributed by atoms with van der Waals surface area (Å²) in [5.41, 5.74) is 1.56. The Kier molecular flexibility index (Phi) is 3.79. The SMILES string of the molecule is Cc1cc(CC(=O)N2Cc3nnc(-c4ccccn4)n3[C@@H](C)C2)on1. The van der Waals surface area contributed by atoms with Crippen LogP contribution in [0.1, 0.15) is 30.2 Å². The van der Waals surface area contributed by atoms with E-state index >= 15 is 0 Å². The Hall–Kier alpha value is -3.03. The Bertz CT molecular complexity index is 901. The fourth-order valence-electron chi connectivity index (χ4n) is 3.15. The van der Waals surface area contributed by atoms with Crippen LogP contribution in [0.4, 0.5) is 0 Å². The third-order valence-corrected chi connectivity index (χ3v) is 4.27. The van der Waals surface area contributed by atoms with Crippen molar-refractivity contribution < 1.29 is 9.32 Å². The van der Waals surface area contributed by atoms with E-state index in [0.29, 0.717) is 18.8 Å². The van der Waals surface area contributed by atoms with Crippen LogP contribution in [0.25, 0.3) is 11.5 Å². The van der Waals surface area contributed by atoms with Crippen LogP contribution in [-0.4, -0.2) is 42.3 Å². The van der Waals surface area contributed by atoms with E-state index in [1.807, 2.05) is 25.1 Å². The van der Waals surface area contributed by atoms with E-state index in [0.717, 1.165) is 23.0 Å². The molecule has 25 heavy (non-hydrogen) atoms. The van der Waals surface area contributed by atoms with Crippen LogP contribution in [0.5, 0.6) is 0 Å². The summed E-state index contributed by atoms with van der Waals surface area (Å²) in [7, 11) is 0. The minimum Gasteiger partial charge on any atom is -0.361 e. The van der Waals surface area contributed by atoms with E-state index in [-0.39, 0.29) is 18.4 Å². The van der Waals surface area contributed by atoms with Gasteiger partial charge in [-0.3, -0.25) is 9.78 Å². The molecule has 1 atom stereocenters. The molecule has 4 rings (SSSR count). The number of hydrogen-bond donors (Lipinski definition) is 0. The van der Waals surface area contributed by atoms with Crippen molar-refractivity contribution >= 4 is 5.91 Å². The van der Waals surface area contributed by atoms with Gasteiger partial charge in [-0.25, -0.2) is 0 Å². The zero-order chi connectivity index (χ0) is 17.4. The Morgan fingerprint density at radius 3 is 2.96 bits per heavy atom. The summed E-state index contributed by atoms with van der Waals surface area (Å²) in [5.74, 6) is 2.08. The van der Waals surface area contributed by atoms with E-state index in [1.54, 1.807) is 17.2 Å². The molecule has 0 saturated heterocycles. The second-order valence-corrected chi connectivity index (χ2v) is 6.26. The highest BCUT2D eigenvalue weighted by molar-refractivity contribution is 5.78. The largest absolute Gasteiger partial charge is 0.361 e. The summed E-state index contributed by atoms with van der Waals surface area (Å²) in [5, 5.41) is 12.4. The predicted octanol–water partition coefficient (Wildman–Crippen LogP) is 1.78. The lowest BCUT2D eigenvalue weighted by Gasteiger charge is -2.32. The quantitative estimate of drug-likeness (QED) is 0.723. The first-order valence-electron chi connectivity index (χ1n) is 8.17.